The van der Waals surface area contributed by atoms with Crippen molar-refractivity contribution in [2.75, 3.05) is 0 Å². The number of ether oxygens (including phenoxy) is 1. The number of carbonyl (C=O) groups excluding carboxylic acids is 1. The lowest BCUT2D eigenvalue weighted by Crippen LogP contribution is -2.05. The van der Waals surface area contributed by atoms with Gasteiger partial charge in [-0.3, -0.25) is 0 Å². The Kier molecular flexibility index (Phi) is 3.73. The number of rotatable bonds is 4. The molecule has 0 spiro atoms. The molecule has 0 aliphatic carbocycles. The van der Waals surface area contributed by atoms with Gasteiger partial charge in [-0.2, -0.15) is 5.10 Å². The summed E-state index contributed by atoms with van der Waals surface area (Å²) in [5, 5.41) is 4.03. The maximum atomic E-state index is 12.0. The molecule has 0 amide bonds. The third kappa shape index (κ3) is 3.14. The topological polar surface area (TPSA) is 57.0 Å². The number of esters is 1. The second-order valence-electron chi connectivity index (χ2n) is 4.45. The highest BCUT2D eigenvalue weighted by Gasteiger charge is 2.07. The molecule has 0 bridgehead atoms. The monoisotopic (exact) mass is 279 g/mol. The van der Waals surface area contributed by atoms with Crippen molar-refractivity contribution >= 4 is 5.97 Å². The molecule has 3 rings (SSSR count). The van der Waals surface area contributed by atoms with E-state index in [1.807, 2.05) is 30.3 Å². The number of nitrogens with zero attached hydrogens (tertiary/aromatic N) is 3. The van der Waals surface area contributed by atoms with Crippen molar-refractivity contribution in [2.45, 2.75) is 6.61 Å². The molecule has 0 aliphatic rings. The third-order valence-electron chi connectivity index (χ3n) is 3.00. The van der Waals surface area contributed by atoms with Gasteiger partial charge in [0.05, 0.1) is 11.3 Å². The number of carbonyl (C=O) groups is 1. The van der Waals surface area contributed by atoms with E-state index in [1.54, 1.807) is 35.3 Å². The molecular weight excluding hydrogens is 266 g/mol. The summed E-state index contributed by atoms with van der Waals surface area (Å²) in [6.07, 6.45) is 3.06. The minimum absolute atomic E-state index is 0.268. The van der Waals surface area contributed by atoms with Crippen molar-refractivity contribution in [1.29, 1.82) is 0 Å². The van der Waals surface area contributed by atoms with E-state index in [0.717, 1.165) is 11.3 Å². The van der Waals surface area contributed by atoms with Crippen LogP contribution in [0.15, 0.2) is 67.3 Å². The quantitative estimate of drug-likeness (QED) is 0.689. The zero-order chi connectivity index (χ0) is 14.5. The van der Waals surface area contributed by atoms with E-state index < -0.39 is 0 Å². The highest BCUT2D eigenvalue weighted by molar-refractivity contribution is 5.89. The summed E-state index contributed by atoms with van der Waals surface area (Å²) in [7, 11) is 0. The maximum Gasteiger partial charge on any atom is 0.338 e. The van der Waals surface area contributed by atoms with Crippen LogP contribution in [0.5, 0.6) is 0 Å². The van der Waals surface area contributed by atoms with Gasteiger partial charge in [-0.1, -0.05) is 30.3 Å². The van der Waals surface area contributed by atoms with Gasteiger partial charge in [0.2, 0.25) is 0 Å². The number of aromatic nitrogens is 3. The minimum atomic E-state index is -0.344. The predicted molar refractivity (Wildman–Crippen MR) is 76.9 cm³/mol. The first-order chi connectivity index (χ1) is 10.3. The molecule has 0 aliphatic heterocycles. The average molecular weight is 279 g/mol. The van der Waals surface area contributed by atoms with Crippen LogP contribution in [0.4, 0.5) is 0 Å². The first-order valence-corrected chi connectivity index (χ1v) is 6.49. The molecule has 1 aromatic heterocycles. The van der Waals surface area contributed by atoms with Gasteiger partial charge in [0.25, 0.3) is 0 Å². The lowest BCUT2D eigenvalue weighted by molar-refractivity contribution is 0.0472. The highest BCUT2D eigenvalue weighted by atomic mass is 16.5. The Morgan fingerprint density at radius 3 is 2.48 bits per heavy atom. The zero-order valence-electron chi connectivity index (χ0n) is 11.2. The Hall–Kier alpha value is -2.95. The summed E-state index contributed by atoms with van der Waals surface area (Å²) in [6.45, 7) is 0.268. The lowest BCUT2D eigenvalue weighted by Gasteiger charge is -2.06. The number of hydrogen-bond acceptors (Lipinski definition) is 4. The Bertz CT molecular complexity index is 707. The van der Waals surface area contributed by atoms with Crippen LogP contribution in [0.1, 0.15) is 15.9 Å². The highest BCUT2D eigenvalue weighted by Crippen LogP contribution is 2.10. The molecule has 104 valence electrons. The molecular formula is C16H13N3O2. The molecule has 0 saturated heterocycles. The van der Waals surface area contributed by atoms with E-state index in [9.17, 15) is 4.79 Å². The van der Waals surface area contributed by atoms with Crippen LogP contribution in [-0.2, 0) is 11.3 Å². The summed E-state index contributed by atoms with van der Waals surface area (Å²) >= 11 is 0. The first kappa shape index (κ1) is 13.1. The van der Waals surface area contributed by atoms with Crippen LogP contribution in [-0.4, -0.2) is 20.7 Å². The summed E-state index contributed by atoms with van der Waals surface area (Å²) in [5.74, 6) is -0.344. The lowest BCUT2D eigenvalue weighted by atomic mass is 10.2. The van der Waals surface area contributed by atoms with Crippen molar-refractivity contribution in [3.8, 4) is 5.69 Å². The summed E-state index contributed by atoms with van der Waals surface area (Å²) in [4.78, 5) is 15.8. The van der Waals surface area contributed by atoms with Gasteiger partial charge < -0.3 is 4.74 Å². The van der Waals surface area contributed by atoms with Crippen molar-refractivity contribution < 1.29 is 9.53 Å². The molecule has 0 atom stereocenters. The fourth-order valence-corrected chi connectivity index (χ4v) is 1.90. The van der Waals surface area contributed by atoms with Gasteiger partial charge in [-0.15, -0.1) is 0 Å². The van der Waals surface area contributed by atoms with Gasteiger partial charge in [0.15, 0.2) is 0 Å². The Morgan fingerprint density at radius 2 is 1.81 bits per heavy atom. The molecule has 21 heavy (non-hydrogen) atoms. The van der Waals surface area contributed by atoms with E-state index in [-0.39, 0.29) is 12.6 Å². The van der Waals surface area contributed by atoms with Gasteiger partial charge in [0, 0.05) is 0 Å². The van der Waals surface area contributed by atoms with Crippen LogP contribution in [0.2, 0.25) is 0 Å². The van der Waals surface area contributed by atoms with Crippen molar-refractivity contribution in [3.63, 3.8) is 0 Å². The molecule has 3 aromatic rings. The second-order valence-corrected chi connectivity index (χ2v) is 4.45. The van der Waals surface area contributed by atoms with Crippen LogP contribution >= 0.6 is 0 Å². The summed E-state index contributed by atoms with van der Waals surface area (Å²) < 4.78 is 6.90. The fraction of sp³-hybridized carbons (Fsp3) is 0.0625. The van der Waals surface area contributed by atoms with E-state index in [1.165, 1.54) is 6.33 Å². The van der Waals surface area contributed by atoms with E-state index in [0.29, 0.717) is 5.56 Å². The molecule has 0 fully saturated rings. The molecule has 1 heterocycles. The molecule has 0 saturated carbocycles. The van der Waals surface area contributed by atoms with Crippen LogP contribution < -0.4 is 0 Å². The molecule has 0 radical (unpaired) electrons. The van der Waals surface area contributed by atoms with E-state index >= 15 is 0 Å². The Balaban J connectivity index is 1.65. The Labute approximate surface area is 121 Å². The van der Waals surface area contributed by atoms with Crippen molar-refractivity contribution in [3.05, 3.63) is 78.4 Å². The Morgan fingerprint density at radius 1 is 1.05 bits per heavy atom. The van der Waals surface area contributed by atoms with E-state index in [2.05, 4.69) is 10.1 Å². The standard InChI is InChI=1S/C16H13N3O2/c20-16(21-10-13-4-2-1-3-5-13)14-6-8-15(9-7-14)19-12-17-11-18-19/h1-9,11-12H,10H2. The average Bonchev–Trinajstić information content (AvgIpc) is 3.08. The molecule has 5 nitrogen and oxygen atoms in total. The normalized spacial score (nSPS) is 10.3. The maximum absolute atomic E-state index is 12.0. The van der Waals surface area contributed by atoms with Crippen LogP contribution in [0, 0.1) is 0 Å². The van der Waals surface area contributed by atoms with Gasteiger partial charge >= 0.3 is 5.97 Å². The van der Waals surface area contributed by atoms with E-state index in [4.69, 9.17) is 4.74 Å². The zero-order valence-corrected chi connectivity index (χ0v) is 11.2. The predicted octanol–water partition coefficient (Wildman–Crippen LogP) is 2.62. The number of hydrogen-bond donors (Lipinski definition) is 0. The van der Waals surface area contributed by atoms with Crippen molar-refractivity contribution in [1.82, 2.24) is 14.8 Å². The third-order valence-corrected chi connectivity index (χ3v) is 3.00. The molecule has 5 heteroatoms. The smallest absolute Gasteiger partial charge is 0.338 e. The molecule has 0 N–H and O–H groups in total. The van der Waals surface area contributed by atoms with Gasteiger partial charge in [0.1, 0.15) is 19.3 Å². The SMILES string of the molecule is O=C(OCc1ccccc1)c1ccc(-n2cncn2)cc1. The van der Waals surface area contributed by atoms with Crippen molar-refractivity contribution in [2.24, 2.45) is 0 Å². The second kappa shape index (κ2) is 6.00. The first-order valence-electron chi connectivity index (χ1n) is 6.49. The van der Waals surface area contributed by atoms with Gasteiger partial charge in [-0.25, -0.2) is 14.5 Å². The van der Waals surface area contributed by atoms with Gasteiger partial charge in [-0.05, 0) is 29.8 Å². The summed E-state index contributed by atoms with van der Waals surface area (Å²) in [6, 6.07) is 16.6. The fourth-order valence-electron chi connectivity index (χ4n) is 1.90. The number of benzene rings is 2. The molecule has 2 aromatic carbocycles. The largest absolute Gasteiger partial charge is 0.457 e. The molecule has 0 unspecified atom stereocenters. The van der Waals surface area contributed by atoms with Crippen LogP contribution in [0.3, 0.4) is 0 Å². The van der Waals surface area contributed by atoms with Crippen LogP contribution in [0.25, 0.3) is 5.69 Å². The minimum Gasteiger partial charge on any atom is -0.457 e. The summed E-state index contributed by atoms with van der Waals surface area (Å²) in [5.41, 5.74) is 2.31.